The summed E-state index contributed by atoms with van der Waals surface area (Å²) in [6.45, 7) is 0.586. The molecule has 10 heteroatoms. The predicted molar refractivity (Wildman–Crippen MR) is 74.8 cm³/mol. The predicted octanol–water partition coefficient (Wildman–Crippen LogP) is 0.552. The molecule has 3 rings (SSSR count). The van der Waals surface area contributed by atoms with Crippen molar-refractivity contribution >= 4 is 24.6 Å². The highest BCUT2D eigenvalue weighted by Crippen LogP contribution is 2.33. The van der Waals surface area contributed by atoms with Crippen LogP contribution >= 0.6 is 7.60 Å². The number of rotatable bonds is 7. The van der Waals surface area contributed by atoms with Gasteiger partial charge in [0.25, 0.3) is 0 Å². The van der Waals surface area contributed by atoms with Gasteiger partial charge in [-0.3, -0.25) is 4.57 Å². The summed E-state index contributed by atoms with van der Waals surface area (Å²) in [4.78, 5) is 30.1. The van der Waals surface area contributed by atoms with Gasteiger partial charge in [0.1, 0.15) is 18.2 Å². The van der Waals surface area contributed by atoms with Crippen LogP contribution in [0.2, 0.25) is 0 Å². The molecule has 1 aliphatic carbocycles. The molecule has 9 nitrogen and oxygen atoms in total. The molecule has 1 aliphatic rings. The number of anilines is 1. The van der Waals surface area contributed by atoms with Crippen molar-refractivity contribution in [3.8, 4) is 0 Å². The van der Waals surface area contributed by atoms with Crippen LogP contribution in [0.5, 0.6) is 0 Å². The highest BCUT2D eigenvalue weighted by Gasteiger charge is 2.23. The topological polar surface area (TPSA) is 122 Å². The Labute approximate surface area is 120 Å². The van der Waals surface area contributed by atoms with E-state index in [0.29, 0.717) is 23.8 Å². The van der Waals surface area contributed by atoms with Gasteiger partial charge in [-0.15, -0.1) is 0 Å². The molecule has 0 saturated heterocycles. The van der Waals surface area contributed by atoms with E-state index in [1.165, 1.54) is 6.33 Å². The second kappa shape index (κ2) is 5.69. The Morgan fingerprint density at radius 2 is 2.19 bits per heavy atom. The first kappa shape index (κ1) is 14.4. The van der Waals surface area contributed by atoms with Gasteiger partial charge in [0, 0.05) is 12.6 Å². The van der Waals surface area contributed by atoms with Gasteiger partial charge in [-0.25, -0.2) is 15.0 Å². The van der Waals surface area contributed by atoms with Crippen LogP contribution in [-0.2, 0) is 15.8 Å². The summed E-state index contributed by atoms with van der Waals surface area (Å²) < 4.78 is 17.4. The van der Waals surface area contributed by atoms with Crippen molar-refractivity contribution in [2.24, 2.45) is 0 Å². The second-order valence-corrected chi connectivity index (χ2v) is 6.54. The van der Waals surface area contributed by atoms with Crippen LogP contribution in [0.4, 0.5) is 5.82 Å². The minimum atomic E-state index is -4.12. The maximum Gasteiger partial charge on any atom is 0.350 e. The molecular weight excluding hydrogens is 297 g/mol. The van der Waals surface area contributed by atoms with Gasteiger partial charge in [0.2, 0.25) is 0 Å². The van der Waals surface area contributed by atoms with Crippen LogP contribution in [0.15, 0.2) is 12.7 Å². The number of nitrogens with zero attached hydrogens (tertiary/aromatic N) is 4. The van der Waals surface area contributed by atoms with Crippen LogP contribution in [-0.4, -0.2) is 48.3 Å². The van der Waals surface area contributed by atoms with Crippen LogP contribution in [0.1, 0.15) is 12.8 Å². The summed E-state index contributed by atoms with van der Waals surface area (Å²) in [5, 5.41) is 3.30. The molecule has 0 unspecified atom stereocenters. The Morgan fingerprint density at radius 1 is 1.38 bits per heavy atom. The average Bonchev–Trinajstić information content (AvgIpc) is 3.13. The second-order valence-electron chi connectivity index (χ2n) is 4.95. The van der Waals surface area contributed by atoms with E-state index >= 15 is 0 Å². The summed E-state index contributed by atoms with van der Waals surface area (Å²) in [6, 6.07) is 0.472. The van der Waals surface area contributed by atoms with Gasteiger partial charge < -0.3 is 24.4 Å². The molecule has 0 bridgehead atoms. The standard InChI is InChI=1S/C11H16N5O4P/c17-21(18,19)7-20-4-3-16-6-14-9-10(15-8-1-2-8)12-5-13-11(9)16/h5-6,8H,1-4,7H2,(H,12,13,15)(H2,17,18,19). The third-order valence-electron chi connectivity index (χ3n) is 3.06. The first-order valence-corrected chi connectivity index (χ1v) is 8.37. The number of ether oxygens (including phenoxy) is 1. The Hall–Kier alpha value is -1.54. The van der Waals surface area contributed by atoms with Crippen molar-refractivity contribution in [1.29, 1.82) is 0 Å². The fourth-order valence-corrected chi connectivity index (χ4v) is 2.28. The molecule has 0 aromatic carbocycles. The van der Waals surface area contributed by atoms with Gasteiger partial charge in [0.05, 0.1) is 12.9 Å². The molecule has 2 aromatic rings. The van der Waals surface area contributed by atoms with Gasteiger partial charge >= 0.3 is 7.60 Å². The largest absolute Gasteiger partial charge is 0.367 e. The van der Waals surface area contributed by atoms with Crippen LogP contribution in [0.25, 0.3) is 11.2 Å². The molecule has 2 aromatic heterocycles. The van der Waals surface area contributed by atoms with Crippen LogP contribution in [0, 0.1) is 0 Å². The Morgan fingerprint density at radius 3 is 2.90 bits per heavy atom. The first-order chi connectivity index (χ1) is 10.0. The number of imidazole rings is 1. The molecule has 2 heterocycles. The summed E-state index contributed by atoms with van der Waals surface area (Å²) in [6.07, 6.45) is 4.80. The summed E-state index contributed by atoms with van der Waals surface area (Å²) in [5.74, 6) is 0.720. The number of nitrogens with one attached hydrogen (secondary N) is 1. The lowest BCUT2D eigenvalue weighted by Crippen LogP contribution is -2.08. The molecule has 1 fully saturated rings. The fraction of sp³-hybridized carbons (Fsp3) is 0.545. The van der Waals surface area contributed by atoms with Gasteiger partial charge in [-0.2, -0.15) is 0 Å². The third kappa shape index (κ3) is 3.76. The first-order valence-electron chi connectivity index (χ1n) is 6.57. The van der Waals surface area contributed by atoms with Gasteiger partial charge in [0.15, 0.2) is 11.5 Å². The van der Waals surface area contributed by atoms with E-state index < -0.39 is 13.9 Å². The van der Waals surface area contributed by atoms with Crippen molar-refractivity contribution < 1.29 is 19.1 Å². The molecule has 114 valence electrons. The number of fused-ring (bicyclic) bond motifs is 1. The molecular formula is C11H16N5O4P. The van der Waals surface area contributed by atoms with Crippen molar-refractivity contribution in [1.82, 2.24) is 19.5 Å². The van der Waals surface area contributed by atoms with Gasteiger partial charge in [-0.1, -0.05) is 0 Å². The molecule has 1 saturated carbocycles. The zero-order chi connectivity index (χ0) is 14.9. The van der Waals surface area contributed by atoms with Crippen molar-refractivity contribution in [3.05, 3.63) is 12.7 Å². The quantitative estimate of drug-likeness (QED) is 0.500. The summed E-state index contributed by atoms with van der Waals surface area (Å²) in [7, 11) is -4.12. The van der Waals surface area contributed by atoms with Gasteiger partial charge in [-0.05, 0) is 12.8 Å². The minimum absolute atomic E-state index is 0.173. The summed E-state index contributed by atoms with van der Waals surface area (Å²) >= 11 is 0. The minimum Gasteiger partial charge on any atom is -0.367 e. The molecule has 0 atom stereocenters. The van der Waals surface area contributed by atoms with Crippen molar-refractivity contribution in [3.63, 3.8) is 0 Å². The van der Waals surface area contributed by atoms with E-state index in [1.54, 1.807) is 10.9 Å². The monoisotopic (exact) mass is 313 g/mol. The maximum absolute atomic E-state index is 10.7. The highest BCUT2D eigenvalue weighted by molar-refractivity contribution is 7.51. The normalized spacial score (nSPS) is 15.5. The maximum atomic E-state index is 10.7. The lowest BCUT2D eigenvalue weighted by molar-refractivity contribution is 0.149. The molecule has 3 N–H and O–H groups in total. The van der Waals surface area contributed by atoms with Crippen LogP contribution in [0.3, 0.4) is 0 Å². The van der Waals surface area contributed by atoms with Crippen LogP contribution < -0.4 is 5.32 Å². The molecule has 21 heavy (non-hydrogen) atoms. The average molecular weight is 313 g/mol. The van der Waals surface area contributed by atoms with Crippen molar-refractivity contribution in [2.75, 3.05) is 18.3 Å². The zero-order valence-electron chi connectivity index (χ0n) is 11.2. The molecule has 0 amide bonds. The molecule has 0 spiro atoms. The molecule has 0 radical (unpaired) electrons. The Balaban J connectivity index is 1.67. The number of hydrogen-bond acceptors (Lipinski definition) is 6. The Bertz CT molecular complexity index is 680. The van der Waals surface area contributed by atoms with E-state index in [1.807, 2.05) is 0 Å². The fourth-order valence-electron chi connectivity index (χ4n) is 1.92. The highest BCUT2D eigenvalue weighted by atomic mass is 31.2. The third-order valence-corrected chi connectivity index (χ3v) is 3.57. The van der Waals surface area contributed by atoms with E-state index in [0.717, 1.165) is 18.7 Å². The lowest BCUT2D eigenvalue weighted by Gasteiger charge is -2.07. The zero-order valence-corrected chi connectivity index (χ0v) is 12.1. The summed E-state index contributed by atoms with van der Waals surface area (Å²) in [5.41, 5.74) is 1.37. The Kier molecular flexibility index (Phi) is 3.90. The number of aromatic nitrogens is 4. The lowest BCUT2D eigenvalue weighted by atomic mass is 10.4. The smallest absolute Gasteiger partial charge is 0.350 e. The van der Waals surface area contributed by atoms with E-state index in [2.05, 4.69) is 20.3 Å². The van der Waals surface area contributed by atoms with E-state index in [4.69, 9.17) is 14.5 Å². The van der Waals surface area contributed by atoms with Crippen molar-refractivity contribution in [2.45, 2.75) is 25.4 Å². The SMILES string of the molecule is O=P(O)(O)COCCn1cnc2c(NC3CC3)ncnc21. The van der Waals surface area contributed by atoms with E-state index in [9.17, 15) is 4.57 Å². The van der Waals surface area contributed by atoms with E-state index in [-0.39, 0.29) is 6.61 Å². The molecule has 0 aliphatic heterocycles. The number of hydrogen-bond donors (Lipinski definition) is 3.